The molecule has 21 heteroatoms. The molecule has 0 radical (unpaired) electrons. The highest BCUT2D eigenvalue weighted by Crippen LogP contribution is 2.43. The molecule has 0 aliphatic rings. The number of aliphatic hydroxyl groups is 5. The van der Waals surface area contributed by atoms with E-state index in [1.54, 1.807) is 6.92 Å². The monoisotopic (exact) mass is 1190 g/mol. The molecule has 0 aromatic heterocycles. The Morgan fingerprint density at radius 2 is 0.518 bits per heavy atom. The van der Waals surface area contributed by atoms with Crippen LogP contribution in [0.2, 0.25) is 0 Å². The number of carbonyl (C=O) groups is 8. The van der Waals surface area contributed by atoms with Crippen molar-refractivity contribution in [3.05, 3.63) is 190 Å². The van der Waals surface area contributed by atoms with Crippen molar-refractivity contribution in [2.24, 2.45) is 0 Å². The number of rotatable bonds is 29. The number of aliphatic hydroxyl groups excluding tert-OH is 5. The highest BCUT2D eigenvalue weighted by molar-refractivity contribution is 5.95. The van der Waals surface area contributed by atoms with Gasteiger partial charge in [0.15, 0.2) is 0 Å². The molecule has 0 saturated carbocycles. The first kappa shape index (κ1) is 76.4. The van der Waals surface area contributed by atoms with Crippen molar-refractivity contribution in [3.63, 3.8) is 0 Å². The van der Waals surface area contributed by atoms with E-state index >= 15 is 0 Å². The first-order valence-corrected chi connectivity index (χ1v) is 27.0. The topological polar surface area (TPSA) is 400 Å². The lowest BCUT2D eigenvalue weighted by Gasteiger charge is -2.32. The Kier molecular flexibility index (Phi) is 38.0. The van der Waals surface area contributed by atoms with Gasteiger partial charge in [-0.3, -0.25) is 0 Å². The molecule has 0 aliphatic heterocycles. The number of carboxylic acids is 8. The molecule has 9 unspecified atom stereocenters. The molecule has 21 nitrogen and oxygen atoms in total. The van der Waals surface area contributed by atoms with Gasteiger partial charge in [0.1, 0.15) is 0 Å². The molecular formula is C64H82O21. The second kappa shape index (κ2) is 42.2. The summed E-state index contributed by atoms with van der Waals surface area (Å²) in [5.41, 5.74) is 4.18. The summed E-state index contributed by atoms with van der Waals surface area (Å²) in [5.74, 6) is -9.29. The van der Waals surface area contributed by atoms with Crippen LogP contribution in [0.1, 0.15) is 145 Å². The number of hydrogen-bond donors (Lipinski definition) is 13. The maximum atomic E-state index is 11.3. The maximum Gasteiger partial charge on any atom is 0.331 e. The van der Waals surface area contributed by atoms with E-state index in [1.807, 2.05) is 19.1 Å². The minimum atomic E-state index is -1.24. The Labute approximate surface area is 494 Å². The van der Waals surface area contributed by atoms with Crippen LogP contribution < -0.4 is 0 Å². The zero-order valence-corrected chi connectivity index (χ0v) is 48.5. The van der Waals surface area contributed by atoms with Crippen molar-refractivity contribution in [2.45, 2.75) is 154 Å². The number of hydrogen-bond acceptors (Lipinski definition) is 13. The van der Waals surface area contributed by atoms with E-state index in [9.17, 15) is 63.9 Å². The summed E-state index contributed by atoms with van der Waals surface area (Å²) < 4.78 is 0. The molecule has 85 heavy (non-hydrogen) atoms. The molecule has 4 aromatic rings. The van der Waals surface area contributed by atoms with Gasteiger partial charge in [0.25, 0.3) is 0 Å². The van der Waals surface area contributed by atoms with Crippen molar-refractivity contribution in [1.29, 1.82) is 0 Å². The predicted octanol–water partition coefficient (Wildman–Crippen LogP) is 8.88. The van der Waals surface area contributed by atoms with E-state index in [-0.39, 0.29) is 58.8 Å². The van der Waals surface area contributed by atoms with Crippen molar-refractivity contribution in [2.75, 3.05) is 0 Å². The summed E-state index contributed by atoms with van der Waals surface area (Å²) in [4.78, 5) is 78.7. The van der Waals surface area contributed by atoms with E-state index < -0.39 is 78.3 Å². The van der Waals surface area contributed by atoms with Crippen molar-refractivity contribution >= 4 is 47.8 Å². The van der Waals surface area contributed by atoms with Crippen LogP contribution >= 0.6 is 0 Å². The maximum absolute atomic E-state index is 11.3. The summed E-state index contributed by atoms with van der Waals surface area (Å²) in [6.07, 6.45) is 4.42. The van der Waals surface area contributed by atoms with Crippen LogP contribution in [0.15, 0.2) is 168 Å². The summed E-state index contributed by atoms with van der Waals surface area (Å²) in [6, 6.07) is 42.2. The number of aliphatic carboxylic acids is 8. The first-order chi connectivity index (χ1) is 39.9. The number of benzene rings is 4. The van der Waals surface area contributed by atoms with Crippen LogP contribution in [0.5, 0.6) is 0 Å². The molecule has 4 aromatic carbocycles. The molecule has 9 atom stereocenters. The molecule has 0 heterocycles. The van der Waals surface area contributed by atoms with E-state index in [0.29, 0.717) is 50.0 Å². The Balaban J connectivity index is 0.00000157. The third kappa shape index (κ3) is 36.6. The second-order valence-corrected chi connectivity index (χ2v) is 20.1. The summed E-state index contributed by atoms with van der Waals surface area (Å²) in [6.45, 7) is 8.50. The van der Waals surface area contributed by atoms with Crippen LogP contribution in [-0.4, -0.2) is 145 Å². The summed E-state index contributed by atoms with van der Waals surface area (Å²) in [5, 5.41) is 117. The van der Waals surface area contributed by atoms with Gasteiger partial charge in [-0.15, -0.1) is 0 Å². The average molecular weight is 1190 g/mol. The van der Waals surface area contributed by atoms with Gasteiger partial charge in [-0.25, -0.2) is 38.4 Å². The third-order valence-electron chi connectivity index (χ3n) is 12.8. The van der Waals surface area contributed by atoms with Crippen molar-refractivity contribution in [3.8, 4) is 0 Å². The average Bonchev–Trinajstić information content (AvgIpc) is 3.63. The fourth-order valence-electron chi connectivity index (χ4n) is 8.53. The molecule has 0 aliphatic carbocycles. The fourth-order valence-corrected chi connectivity index (χ4v) is 8.53. The van der Waals surface area contributed by atoms with E-state index in [2.05, 4.69) is 109 Å². The van der Waals surface area contributed by atoms with Crippen LogP contribution in [0.3, 0.4) is 0 Å². The van der Waals surface area contributed by atoms with Gasteiger partial charge in [-0.1, -0.05) is 128 Å². The lowest BCUT2D eigenvalue weighted by atomic mass is 9.73. The largest absolute Gasteiger partial charge is 0.478 e. The van der Waals surface area contributed by atoms with Gasteiger partial charge in [0.2, 0.25) is 0 Å². The molecule has 0 amide bonds. The minimum absolute atomic E-state index is 0.0545. The zero-order valence-electron chi connectivity index (χ0n) is 48.5. The Bertz CT molecular complexity index is 2630. The summed E-state index contributed by atoms with van der Waals surface area (Å²) >= 11 is 0. The lowest BCUT2D eigenvalue weighted by molar-refractivity contribution is -0.135. The number of carboxylic acid groups (broad SMARTS) is 8. The highest BCUT2D eigenvalue weighted by atomic mass is 16.4. The van der Waals surface area contributed by atoms with Gasteiger partial charge >= 0.3 is 47.8 Å². The predicted molar refractivity (Wildman–Crippen MR) is 316 cm³/mol. The minimum Gasteiger partial charge on any atom is -0.478 e. The molecule has 13 N–H and O–H groups in total. The van der Waals surface area contributed by atoms with Gasteiger partial charge in [0.05, 0.1) is 30.5 Å². The molecule has 0 fully saturated rings. The molecule has 464 valence electrons. The summed E-state index contributed by atoms with van der Waals surface area (Å²) in [7, 11) is 0. The van der Waals surface area contributed by atoms with Gasteiger partial charge in [-0.05, 0) is 138 Å². The lowest BCUT2D eigenvalue weighted by Crippen LogP contribution is -2.24. The SMILES string of the molecule is C/C(=C/C(=O)O)C(=O)O.C/C(=C/C(=O)O)C(=O)O.C/C(=C/C(=O)O)C(=O)O.C/C(=C/C(=O)O)C(=O)O.CCC(O)CC(O)CC(O)CC(CC(CC(CC(CC(O)CC(C)O)c1ccccc1)c1ccccc1)c1ccccc1)c1ccccc1. The quantitative estimate of drug-likeness (QED) is 0.0226. The normalized spacial score (nSPS) is 14.6. The smallest absolute Gasteiger partial charge is 0.331 e. The van der Waals surface area contributed by atoms with E-state index in [0.717, 1.165) is 19.3 Å². The van der Waals surface area contributed by atoms with Crippen LogP contribution in [0.4, 0.5) is 0 Å². The van der Waals surface area contributed by atoms with Crippen molar-refractivity contribution in [1.82, 2.24) is 0 Å². The van der Waals surface area contributed by atoms with Crippen LogP contribution in [0.25, 0.3) is 0 Å². The van der Waals surface area contributed by atoms with Crippen molar-refractivity contribution < 1.29 is 105 Å². The third-order valence-corrected chi connectivity index (χ3v) is 12.8. The Morgan fingerprint density at radius 3 is 0.706 bits per heavy atom. The molecular weight excluding hydrogens is 1100 g/mol. The van der Waals surface area contributed by atoms with Gasteiger partial charge < -0.3 is 66.4 Å². The standard InChI is InChI=1S/C44H58O5.4C5H6O4/c1-3-41(46)30-44(49)31-43(48)29-40(36-22-14-7-15-23-36)27-38(34-18-10-5-11-19-34)25-37(33-16-8-4-9-17-33)26-39(28-42(47)24-32(2)45)35-20-12-6-13-21-35;4*1-3(5(8)9)2-4(6)7/h4-23,32,37-49H,3,24-31H2,1-2H3;4*2H,1H3,(H,6,7)(H,8,9)/b;4*3-2-. The zero-order chi connectivity index (χ0) is 64.8. The molecule has 0 bridgehead atoms. The van der Waals surface area contributed by atoms with Crippen LogP contribution in [-0.2, 0) is 38.4 Å². The highest BCUT2D eigenvalue weighted by Gasteiger charge is 2.29. The van der Waals surface area contributed by atoms with E-state index in [4.69, 9.17) is 40.9 Å². The van der Waals surface area contributed by atoms with Gasteiger partial charge in [-0.2, -0.15) is 0 Å². The fraction of sp³-hybridized carbons (Fsp3) is 0.375. The first-order valence-electron chi connectivity index (χ1n) is 27.0. The molecule has 4 rings (SSSR count). The Morgan fingerprint density at radius 1 is 0.318 bits per heavy atom. The Hall–Kier alpha value is -8.60. The molecule has 0 saturated heterocycles. The van der Waals surface area contributed by atoms with Gasteiger partial charge in [0, 0.05) is 46.6 Å². The second-order valence-electron chi connectivity index (χ2n) is 20.1. The molecule has 0 spiro atoms. The van der Waals surface area contributed by atoms with E-state index in [1.165, 1.54) is 49.9 Å². The van der Waals surface area contributed by atoms with Crippen LogP contribution in [0, 0.1) is 0 Å².